The van der Waals surface area contributed by atoms with Crippen LogP contribution in [0.4, 0.5) is 0 Å². The number of hydrogen-bond donors (Lipinski definition) is 1. The molecule has 2 rings (SSSR count). The molecule has 1 fully saturated rings. The lowest BCUT2D eigenvalue weighted by atomic mass is 9.75. The SMILES string of the molecule is CC(C)(C)C1CCN(C(CN)c2ccc(Cl)s2)CC1. The molecule has 1 aromatic rings. The highest BCUT2D eigenvalue weighted by Crippen LogP contribution is 2.37. The number of halogens is 1. The summed E-state index contributed by atoms with van der Waals surface area (Å²) in [5.41, 5.74) is 6.41. The van der Waals surface area contributed by atoms with Crippen LogP contribution < -0.4 is 5.73 Å². The van der Waals surface area contributed by atoms with Crippen LogP contribution in [0.5, 0.6) is 0 Å². The van der Waals surface area contributed by atoms with Crippen LogP contribution in [0.3, 0.4) is 0 Å². The first-order chi connectivity index (χ1) is 8.91. The summed E-state index contributed by atoms with van der Waals surface area (Å²) < 4.78 is 0.859. The van der Waals surface area contributed by atoms with Crippen molar-refractivity contribution >= 4 is 22.9 Å². The minimum Gasteiger partial charge on any atom is -0.329 e. The van der Waals surface area contributed by atoms with E-state index < -0.39 is 0 Å². The molecule has 19 heavy (non-hydrogen) atoms. The molecule has 2 N–H and O–H groups in total. The van der Waals surface area contributed by atoms with E-state index in [1.54, 1.807) is 11.3 Å². The van der Waals surface area contributed by atoms with Crippen molar-refractivity contribution < 1.29 is 0 Å². The maximum atomic E-state index is 6.04. The van der Waals surface area contributed by atoms with Gasteiger partial charge in [-0.1, -0.05) is 32.4 Å². The molecule has 0 aliphatic carbocycles. The van der Waals surface area contributed by atoms with E-state index in [1.807, 2.05) is 6.07 Å². The van der Waals surface area contributed by atoms with E-state index >= 15 is 0 Å². The van der Waals surface area contributed by atoms with Crippen molar-refractivity contribution in [1.29, 1.82) is 0 Å². The zero-order chi connectivity index (χ0) is 14.0. The standard InChI is InChI=1S/C15H25ClN2S/c1-15(2,3)11-6-8-18(9-7-11)12(10-17)13-4-5-14(16)19-13/h4-5,11-12H,6-10,17H2,1-3H3. The largest absolute Gasteiger partial charge is 0.329 e. The van der Waals surface area contributed by atoms with Crippen LogP contribution in [0.25, 0.3) is 0 Å². The fourth-order valence-corrected chi connectivity index (χ4v) is 4.24. The van der Waals surface area contributed by atoms with Crippen molar-refractivity contribution in [3.63, 3.8) is 0 Å². The number of likely N-dealkylation sites (tertiary alicyclic amines) is 1. The van der Waals surface area contributed by atoms with Gasteiger partial charge in [-0.3, -0.25) is 4.90 Å². The molecule has 1 atom stereocenters. The lowest BCUT2D eigenvalue weighted by Gasteiger charge is -2.41. The molecule has 0 saturated carbocycles. The van der Waals surface area contributed by atoms with Gasteiger partial charge in [0.2, 0.25) is 0 Å². The molecular formula is C15H25ClN2S. The second-order valence-corrected chi connectivity index (χ2v) is 8.32. The lowest BCUT2D eigenvalue weighted by molar-refractivity contribution is 0.0857. The van der Waals surface area contributed by atoms with Gasteiger partial charge in [-0.15, -0.1) is 11.3 Å². The van der Waals surface area contributed by atoms with Crippen LogP contribution in [0, 0.1) is 11.3 Å². The monoisotopic (exact) mass is 300 g/mol. The van der Waals surface area contributed by atoms with Gasteiger partial charge in [-0.05, 0) is 49.4 Å². The van der Waals surface area contributed by atoms with E-state index in [0.29, 0.717) is 18.0 Å². The molecular weight excluding hydrogens is 276 g/mol. The number of rotatable bonds is 3. The predicted molar refractivity (Wildman–Crippen MR) is 84.9 cm³/mol. The van der Waals surface area contributed by atoms with E-state index in [-0.39, 0.29) is 0 Å². The smallest absolute Gasteiger partial charge is 0.0931 e. The quantitative estimate of drug-likeness (QED) is 0.908. The highest BCUT2D eigenvalue weighted by Gasteiger charge is 2.31. The first kappa shape index (κ1) is 15.3. The van der Waals surface area contributed by atoms with Crippen molar-refractivity contribution in [2.24, 2.45) is 17.1 Å². The molecule has 0 aromatic carbocycles. The first-order valence-corrected chi connectivity index (χ1v) is 8.30. The predicted octanol–water partition coefficient (Wildman–Crippen LogP) is 4.16. The molecule has 108 valence electrons. The van der Waals surface area contributed by atoms with Crippen LogP contribution in [0.2, 0.25) is 4.34 Å². The van der Waals surface area contributed by atoms with Gasteiger partial charge in [-0.2, -0.15) is 0 Å². The molecule has 0 bridgehead atoms. The number of nitrogens with zero attached hydrogens (tertiary/aromatic N) is 1. The summed E-state index contributed by atoms with van der Waals surface area (Å²) in [6.07, 6.45) is 2.55. The van der Waals surface area contributed by atoms with Crippen molar-refractivity contribution in [3.05, 3.63) is 21.3 Å². The Kier molecular flexibility index (Phi) is 4.93. The summed E-state index contributed by atoms with van der Waals surface area (Å²) in [6.45, 7) is 10.0. The van der Waals surface area contributed by atoms with Gasteiger partial charge in [0, 0.05) is 11.4 Å². The summed E-state index contributed by atoms with van der Waals surface area (Å²) in [7, 11) is 0. The molecule has 0 radical (unpaired) electrons. The number of piperidine rings is 1. The highest BCUT2D eigenvalue weighted by molar-refractivity contribution is 7.16. The number of thiophene rings is 1. The van der Waals surface area contributed by atoms with Crippen molar-refractivity contribution in [2.75, 3.05) is 19.6 Å². The van der Waals surface area contributed by atoms with Crippen molar-refractivity contribution in [1.82, 2.24) is 4.90 Å². The molecule has 4 heteroatoms. The van der Waals surface area contributed by atoms with Gasteiger partial charge in [0.15, 0.2) is 0 Å². The van der Waals surface area contributed by atoms with E-state index in [2.05, 4.69) is 31.7 Å². The van der Waals surface area contributed by atoms with E-state index in [4.69, 9.17) is 17.3 Å². The van der Waals surface area contributed by atoms with E-state index in [1.165, 1.54) is 17.7 Å². The molecule has 1 aromatic heterocycles. The average Bonchev–Trinajstić information content (AvgIpc) is 2.76. The summed E-state index contributed by atoms with van der Waals surface area (Å²) in [5, 5.41) is 0. The van der Waals surface area contributed by atoms with Crippen LogP contribution in [0.15, 0.2) is 12.1 Å². The molecule has 1 unspecified atom stereocenters. The lowest BCUT2D eigenvalue weighted by Crippen LogP contribution is -2.42. The summed E-state index contributed by atoms with van der Waals surface area (Å²) >= 11 is 7.71. The third kappa shape index (κ3) is 3.72. The summed E-state index contributed by atoms with van der Waals surface area (Å²) in [5.74, 6) is 0.828. The van der Waals surface area contributed by atoms with Gasteiger partial charge in [-0.25, -0.2) is 0 Å². The minimum atomic E-state index is 0.346. The zero-order valence-corrected chi connectivity index (χ0v) is 13.7. The average molecular weight is 301 g/mol. The third-order valence-corrected chi connectivity index (χ3v) is 5.67. The van der Waals surface area contributed by atoms with Gasteiger partial charge in [0.25, 0.3) is 0 Å². The Hall–Kier alpha value is -0.0900. The number of nitrogens with two attached hydrogens (primary N) is 1. The second kappa shape index (κ2) is 6.13. The van der Waals surface area contributed by atoms with Gasteiger partial charge >= 0.3 is 0 Å². The molecule has 0 amide bonds. The molecule has 1 aliphatic rings. The van der Waals surface area contributed by atoms with Crippen LogP contribution in [-0.2, 0) is 0 Å². The Morgan fingerprint density at radius 2 is 2.00 bits per heavy atom. The van der Waals surface area contributed by atoms with Crippen molar-refractivity contribution in [2.45, 2.75) is 39.7 Å². The third-order valence-electron chi connectivity index (χ3n) is 4.34. The van der Waals surface area contributed by atoms with Gasteiger partial charge < -0.3 is 5.73 Å². The Morgan fingerprint density at radius 1 is 1.37 bits per heavy atom. The molecule has 2 nitrogen and oxygen atoms in total. The maximum Gasteiger partial charge on any atom is 0.0931 e. The topological polar surface area (TPSA) is 29.3 Å². The molecule has 2 heterocycles. The molecule has 1 saturated heterocycles. The van der Waals surface area contributed by atoms with Crippen molar-refractivity contribution in [3.8, 4) is 0 Å². The maximum absolute atomic E-state index is 6.04. The van der Waals surface area contributed by atoms with E-state index in [0.717, 1.165) is 23.3 Å². The second-order valence-electron chi connectivity index (χ2n) is 6.57. The van der Waals surface area contributed by atoms with Crippen LogP contribution in [-0.4, -0.2) is 24.5 Å². The molecule has 0 spiro atoms. The number of hydrogen-bond acceptors (Lipinski definition) is 3. The fourth-order valence-electron chi connectivity index (χ4n) is 3.03. The Morgan fingerprint density at radius 3 is 2.42 bits per heavy atom. The fraction of sp³-hybridized carbons (Fsp3) is 0.733. The van der Waals surface area contributed by atoms with Gasteiger partial charge in [0.1, 0.15) is 0 Å². The van der Waals surface area contributed by atoms with Crippen LogP contribution in [0.1, 0.15) is 44.5 Å². The highest BCUT2D eigenvalue weighted by atomic mass is 35.5. The Labute approximate surface area is 125 Å². The summed E-state index contributed by atoms with van der Waals surface area (Å²) in [6, 6.07) is 4.45. The Balaban J connectivity index is 1.99. The van der Waals surface area contributed by atoms with Crippen LogP contribution >= 0.6 is 22.9 Å². The normalized spacial score (nSPS) is 20.7. The van der Waals surface area contributed by atoms with Gasteiger partial charge in [0.05, 0.1) is 10.4 Å². The molecule has 1 aliphatic heterocycles. The van der Waals surface area contributed by atoms with E-state index in [9.17, 15) is 0 Å². The first-order valence-electron chi connectivity index (χ1n) is 7.11. The summed E-state index contributed by atoms with van der Waals surface area (Å²) in [4.78, 5) is 3.84. The zero-order valence-electron chi connectivity index (χ0n) is 12.2. The Bertz CT molecular complexity index is 403. The minimum absolute atomic E-state index is 0.346.